The van der Waals surface area contributed by atoms with Gasteiger partial charge in [-0.2, -0.15) is 5.10 Å². The first-order valence-corrected chi connectivity index (χ1v) is 6.50. The van der Waals surface area contributed by atoms with Crippen molar-refractivity contribution in [2.75, 3.05) is 7.11 Å². The first kappa shape index (κ1) is 13.6. The van der Waals surface area contributed by atoms with Crippen LogP contribution in [-0.4, -0.2) is 17.3 Å². The highest BCUT2D eigenvalue weighted by Gasteiger charge is 2.12. The smallest absolute Gasteiger partial charge is 0.272 e. The molecule has 0 saturated carbocycles. The topological polar surface area (TPSA) is 55.0 Å². The zero-order valence-electron chi connectivity index (χ0n) is 11.0. The van der Waals surface area contributed by atoms with Gasteiger partial charge in [-0.1, -0.05) is 11.6 Å². The lowest BCUT2D eigenvalue weighted by Gasteiger charge is -2.07. The summed E-state index contributed by atoms with van der Waals surface area (Å²) in [5.41, 5.74) is 0.657. The Balaban J connectivity index is 2.30. The molecule has 1 heterocycles. The van der Waals surface area contributed by atoms with Crippen LogP contribution < -0.4 is 10.3 Å². The van der Waals surface area contributed by atoms with Gasteiger partial charge >= 0.3 is 0 Å². The Morgan fingerprint density at radius 3 is 2.71 bits per heavy atom. The third kappa shape index (κ3) is 2.36. The maximum absolute atomic E-state index is 13.8. The summed E-state index contributed by atoms with van der Waals surface area (Å²) in [5, 5.41) is 7.90. The lowest BCUT2D eigenvalue weighted by atomic mass is 10.0. The largest absolute Gasteiger partial charge is 0.494 e. The van der Waals surface area contributed by atoms with E-state index in [1.54, 1.807) is 24.3 Å². The molecule has 0 radical (unpaired) electrons. The number of halogens is 2. The normalized spacial score (nSPS) is 10.8. The molecule has 0 aliphatic heterocycles. The Bertz CT molecular complexity index is 892. The van der Waals surface area contributed by atoms with Crippen molar-refractivity contribution in [3.8, 4) is 17.0 Å². The number of benzene rings is 2. The van der Waals surface area contributed by atoms with E-state index in [2.05, 4.69) is 10.2 Å². The lowest BCUT2D eigenvalue weighted by Crippen LogP contribution is -2.09. The maximum atomic E-state index is 13.8. The van der Waals surface area contributed by atoms with Crippen LogP contribution in [-0.2, 0) is 0 Å². The minimum absolute atomic E-state index is 0.144. The second-order valence-corrected chi connectivity index (χ2v) is 4.88. The van der Waals surface area contributed by atoms with E-state index in [0.717, 1.165) is 0 Å². The first-order valence-electron chi connectivity index (χ1n) is 6.12. The van der Waals surface area contributed by atoms with E-state index >= 15 is 0 Å². The molecule has 3 aromatic rings. The fraction of sp³-hybridized carbons (Fsp3) is 0.0667. The predicted molar refractivity (Wildman–Crippen MR) is 79.3 cm³/mol. The highest BCUT2D eigenvalue weighted by Crippen LogP contribution is 2.29. The molecule has 106 valence electrons. The van der Waals surface area contributed by atoms with E-state index in [1.165, 1.54) is 19.2 Å². The number of hydrogen-bond donors (Lipinski definition) is 1. The van der Waals surface area contributed by atoms with Gasteiger partial charge in [0.25, 0.3) is 5.56 Å². The van der Waals surface area contributed by atoms with E-state index in [0.29, 0.717) is 27.1 Å². The van der Waals surface area contributed by atoms with Crippen LogP contribution in [0, 0.1) is 5.82 Å². The number of nitrogens with one attached hydrogen (secondary N) is 1. The first-order chi connectivity index (χ1) is 10.1. The molecule has 2 aromatic carbocycles. The van der Waals surface area contributed by atoms with E-state index in [-0.39, 0.29) is 11.3 Å². The zero-order valence-corrected chi connectivity index (χ0v) is 11.7. The number of hydrogen-bond acceptors (Lipinski definition) is 3. The summed E-state index contributed by atoms with van der Waals surface area (Å²) in [6.07, 6.45) is 0. The maximum Gasteiger partial charge on any atom is 0.272 e. The third-order valence-electron chi connectivity index (χ3n) is 3.18. The molecule has 6 heteroatoms. The van der Waals surface area contributed by atoms with E-state index in [1.807, 2.05) is 0 Å². The molecule has 4 nitrogen and oxygen atoms in total. The average molecular weight is 305 g/mol. The summed E-state index contributed by atoms with van der Waals surface area (Å²) < 4.78 is 18.7. The summed E-state index contributed by atoms with van der Waals surface area (Å²) in [7, 11) is 1.39. The van der Waals surface area contributed by atoms with Crippen molar-refractivity contribution < 1.29 is 9.13 Å². The van der Waals surface area contributed by atoms with Crippen molar-refractivity contribution in [2.45, 2.75) is 0 Å². The summed E-state index contributed by atoms with van der Waals surface area (Å²) in [4.78, 5) is 11.8. The highest BCUT2D eigenvalue weighted by atomic mass is 35.5. The van der Waals surface area contributed by atoms with E-state index in [4.69, 9.17) is 16.3 Å². The number of methoxy groups -OCH3 is 1. The molecular formula is C15H10ClFN2O2. The SMILES string of the molecule is COc1ccc(-c2n[nH]c(=O)c3ccc(Cl)cc23)cc1F. The second-order valence-electron chi connectivity index (χ2n) is 4.44. The molecule has 1 aromatic heterocycles. The Kier molecular flexibility index (Phi) is 3.35. The number of fused-ring (bicyclic) bond motifs is 1. The number of aromatic amines is 1. The minimum Gasteiger partial charge on any atom is -0.494 e. The molecule has 0 bridgehead atoms. The zero-order chi connectivity index (χ0) is 15.0. The Labute approximate surface area is 124 Å². The van der Waals surface area contributed by atoms with Gasteiger partial charge in [0.1, 0.15) is 0 Å². The van der Waals surface area contributed by atoms with Gasteiger partial charge in [-0.25, -0.2) is 9.49 Å². The minimum atomic E-state index is -0.502. The number of H-pyrrole nitrogens is 1. The molecule has 0 aliphatic rings. The summed E-state index contributed by atoms with van der Waals surface area (Å²) in [6, 6.07) is 9.35. The van der Waals surface area contributed by atoms with Gasteiger partial charge in [0.2, 0.25) is 0 Å². The molecule has 3 rings (SSSR count). The van der Waals surface area contributed by atoms with Gasteiger partial charge in [-0.05, 0) is 36.4 Å². The Morgan fingerprint density at radius 2 is 2.00 bits per heavy atom. The second kappa shape index (κ2) is 5.18. The van der Waals surface area contributed by atoms with Crippen molar-refractivity contribution in [3.05, 3.63) is 57.6 Å². The third-order valence-corrected chi connectivity index (χ3v) is 3.41. The van der Waals surface area contributed by atoms with Gasteiger partial charge in [-0.3, -0.25) is 4.79 Å². The standard InChI is InChI=1S/C15H10ClFN2O2/c1-21-13-5-2-8(6-12(13)17)14-11-7-9(16)3-4-10(11)15(20)19-18-14/h2-7H,1H3,(H,19,20). The van der Waals surface area contributed by atoms with Crippen molar-refractivity contribution in [3.63, 3.8) is 0 Å². The summed E-state index contributed by atoms with van der Waals surface area (Å²) in [6.45, 7) is 0. The molecule has 0 saturated heterocycles. The lowest BCUT2D eigenvalue weighted by molar-refractivity contribution is 0.386. The molecule has 1 N–H and O–H groups in total. The summed E-state index contributed by atoms with van der Waals surface area (Å²) in [5.74, 6) is -0.358. The highest BCUT2D eigenvalue weighted by molar-refractivity contribution is 6.31. The van der Waals surface area contributed by atoms with Crippen LogP contribution in [0.3, 0.4) is 0 Å². The number of ether oxygens (including phenoxy) is 1. The van der Waals surface area contributed by atoms with Gasteiger partial charge in [0.05, 0.1) is 18.2 Å². The van der Waals surface area contributed by atoms with Gasteiger partial charge in [0, 0.05) is 16.0 Å². The Hall–Kier alpha value is -2.40. The quantitative estimate of drug-likeness (QED) is 0.789. The van der Waals surface area contributed by atoms with Crippen molar-refractivity contribution >= 4 is 22.4 Å². The van der Waals surface area contributed by atoms with Crippen LogP contribution in [0.1, 0.15) is 0 Å². The predicted octanol–water partition coefficient (Wildman–Crippen LogP) is 3.39. The molecule has 0 atom stereocenters. The summed E-state index contributed by atoms with van der Waals surface area (Å²) >= 11 is 5.98. The van der Waals surface area contributed by atoms with Crippen LogP contribution in [0.2, 0.25) is 5.02 Å². The molecule has 0 amide bonds. The van der Waals surface area contributed by atoms with Gasteiger partial charge in [0.15, 0.2) is 11.6 Å². The molecule has 0 spiro atoms. The fourth-order valence-electron chi connectivity index (χ4n) is 2.17. The monoisotopic (exact) mass is 304 g/mol. The van der Waals surface area contributed by atoms with Crippen molar-refractivity contribution in [1.82, 2.24) is 10.2 Å². The van der Waals surface area contributed by atoms with Crippen molar-refractivity contribution in [2.24, 2.45) is 0 Å². The molecule has 21 heavy (non-hydrogen) atoms. The number of nitrogens with zero attached hydrogens (tertiary/aromatic N) is 1. The van der Waals surface area contributed by atoms with Crippen LogP contribution in [0.15, 0.2) is 41.2 Å². The van der Waals surface area contributed by atoms with Crippen LogP contribution in [0.4, 0.5) is 4.39 Å². The molecule has 0 unspecified atom stereocenters. The van der Waals surface area contributed by atoms with Crippen LogP contribution in [0.5, 0.6) is 5.75 Å². The van der Waals surface area contributed by atoms with E-state index in [9.17, 15) is 9.18 Å². The van der Waals surface area contributed by atoms with Crippen LogP contribution >= 0.6 is 11.6 Å². The van der Waals surface area contributed by atoms with Crippen molar-refractivity contribution in [1.29, 1.82) is 0 Å². The van der Waals surface area contributed by atoms with Crippen LogP contribution in [0.25, 0.3) is 22.0 Å². The van der Waals surface area contributed by atoms with E-state index < -0.39 is 5.82 Å². The molecule has 0 aliphatic carbocycles. The Morgan fingerprint density at radius 1 is 1.19 bits per heavy atom. The van der Waals surface area contributed by atoms with Gasteiger partial charge < -0.3 is 4.74 Å². The average Bonchev–Trinajstić information content (AvgIpc) is 2.47. The fourth-order valence-corrected chi connectivity index (χ4v) is 2.34. The number of aromatic nitrogens is 2. The number of rotatable bonds is 2. The molecule has 0 fully saturated rings. The molecular weight excluding hydrogens is 295 g/mol. The van der Waals surface area contributed by atoms with Gasteiger partial charge in [-0.15, -0.1) is 0 Å².